The summed E-state index contributed by atoms with van der Waals surface area (Å²) in [5.41, 5.74) is 0. The molecule has 1 heteroatoms. The Kier molecular flexibility index (Phi) is 7.78. The van der Waals surface area contributed by atoms with E-state index in [0.29, 0.717) is 5.38 Å². The summed E-state index contributed by atoms with van der Waals surface area (Å²) in [7, 11) is 0. The van der Waals surface area contributed by atoms with Crippen molar-refractivity contribution in [3.05, 3.63) is 0 Å². The second-order valence-electron chi connectivity index (χ2n) is 7.51. The van der Waals surface area contributed by atoms with Gasteiger partial charge in [-0.25, -0.2) is 0 Å². The summed E-state index contributed by atoms with van der Waals surface area (Å²) in [6, 6.07) is 0. The first-order valence-electron chi connectivity index (χ1n) is 9.43. The molecule has 0 spiro atoms. The highest BCUT2D eigenvalue weighted by molar-refractivity contribution is 6.20. The summed E-state index contributed by atoms with van der Waals surface area (Å²) < 4.78 is 0. The maximum absolute atomic E-state index is 6.37. The zero-order valence-corrected chi connectivity index (χ0v) is 14.3. The molecule has 0 radical (unpaired) electrons. The predicted molar refractivity (Wildman–Crippen MR) is 90.4 cm³/mol. The molecule has 0 heterocycles. The van der Waals surface area contributed by atoms with E-state index in [9.17, 15) is 0 Å². The highest BCUT2D eigenvalue weighted by Crippen LogP contribution is 2.42. The van der Waals surface area contributed by atoms with Gasteiger partial charge in [0.1, 0.15) is 0 Å². The fourth-order valence-electron chi connectivity index (χ4n) is 4.58. The smallest absolute Gasteiger partial charge is 0.0338 e. The van der Waals surface area contributed by atoms with Gasteiger partial charge in [0.15, 0.2) is 0 Å². The Hall–Kier alpha value is 0.290. The van der Waals surface area contributed by atoms with E-state index in [4.69, 9.17) is 11.6 Å². The molecule has 0 saturated heterocycles. The quantitative estimate of drug-likeness (QED) is 0.352. The molecule has 2 atom stereocenters. The highest BCUT2D eigenvalue weighted by atomic mass is 35.5. The summed E-state index contributed by atoms with van der Waals surface area (Å²) in [6.45, 7) is 2.30. The second-order valence-corrected chi connectivity index (χ2v) is 8.12. The molecule has 2 fully saturated rings. The van der Waals surface area contributed by atoms with Crippen molar-refractivity contribution in [3.63, 3.8) is 0 Å². The third-order valence-electron chi connectivity index (χ3n) is 5.92. The Morgan fingerprint density at radius 1 is 0.800 bits per heavy atom. The summed E-state index contributed by atoms with van der Waals surface area (Å²) in [5.74, 6) is 3.05. The molecule has 0 aromatic carbocycles. The maximum atomic E-state index is 6.37. The average Bonchev–Trinajstić information content (AvgIpc) is 2.48. The topological polar surface area (TPSA) is 0 Å². The van der Waals surface area contributed by atoms with Gasteiger partial charge in [0.2, 0.25) is 0 Å². The Morgan fingerprint density at radius 3 is 2.25 bits per heavy atom. The van der Waals surface area contributed by atoms with E-state index < -0.39 is 0 Å². The van der Waals surface area contributed by atoms with Crippen LogP contribution in [0.3, 0.4) is 0 Å². The molecule has 0 nitrogen and oxygen atoms in total. The van der Waals surface area contributed by atoms with Crippen LogP contribution in [0.4, 0.5) is 0 Å². The molecule has 0 aromatic rings. The number of alkyl halides is 1. The molecule has 0 N–H and O–H groups in total. The summed E-state index contributed by atoms with van der Waals surface area (Å²) in [4.78, 5) is 0. The Labute approximate surface area is 132 Å². The van der Waals surface area contributed by atoms with Crippen molar-refractivity contribution in [1.82, 2.24) is 0 Å². The lowest BCUT2D eigenvalue weighted by molar-refractivity contribution is 0.163. The molecule has 118 valence electrons. The standard InChI is InChI=1S/C19H35Cl/c1-2-3-4-5-6-8-16-11-13-17(14-12-16)18-9-7-10-19(20)15-18/h16-19H,2-15H2,1H3. The van der Waals surface area contributed by atoms with Gasteiger partial charge in [0, 0.05) is 5.38 Å². The lowest BCUT2D eigenvalue weighted by atomic mass is 9.70. The number of rotatable bonds is 7. The number of hydrogen-bond acceptors (Lipinski definition) is 0. The van der Waals surface area contributed by atoms with Crippen molar-refractivity contribution in [1.29, 1.82) is 0 Å². The minimum atomic E-state index is 0.491. The molecule has 0 bridgehead atoms. The first kappa shape index (κ1) is 16.7. The molecule has 20 heavy (non-hydrogen) atoms. The highest BCUT2D eigenvalue weighted by Gasteiger charge is 2.30. The minimum absolute atomic E-state index is 0.491. The first-order chi connectivity index (χ1) is 9.79. The molecule has 2 rings (SSSR count). The number of halogens is 1. The molecule has 2 unspecified atom stereocenters. The lowest BCUT2D eigenvalue weighted by Crippen LogP contribution is -2.26. The Morgan fingerprint density at radius 2 is 1.55 bits per heavy atom. The first-order valence-corrected chi connectivity index (χ1v) is 9.87. The fourth-order valence-corrected chi connectivity index (χ4v) is 4.96. The van der Waals surface area contributed by atoms with E-state index in [-0.39, 0.29) is 0 Å². The van der Waals surface area contributed by atoms with E-state index in [2.05, 4.69) is 6.92 Å². The van der Waals surface area contributed by atoms with Crippen LogP contribution >= 0.6 is 11.6 Å². The van der Waals surface area contributed by atoms with Crippen LogP contribution in [0.5, 0.6) is 0 Å². The molecular weight excluding hydrogens is 264 g/mol. The van der Waals surface area contributed by atoms with Crippen LogP contribution in [0.15, 0.2) is 0 Å². The zero-order valence-electron chi connectivity index (χ0n) is 13.6. The lowest BCUT2D eigenvalue weighted by Gasteiger charge is -2.37. The van der Waals surface area contributed by atoms with Crippen molar-refractivity contribution in [2.75, 3.05) is 0 Å². The van der Waals surface area contributed by atoms with Crippen molar-refractivity contribution in [3.8, 4) is 0 Å². The predicted octanol–water partition coefficient (Wildman–Crippen LogP) is 6.95. The third-order valence-corrected chi connectivity index (χ3v) is 6.32. The van der Waals surface area contributed by atoms with Gasteiger partial charge in [-0.3, -0.25) is 0 Å². The van der Waals surface area contributed by atoms with E-state index in [1.807, 2.05) is 0 Å². The van der Waals surface area contributed by atoms with Crippen LogP contribution in [-0.2, 0) is 0 Å². The van der Waals surface area contributed by atoms with Gasteiger partial charge in [0.25, 0.3) is 0 Å². The second kappa shape index (κ2) is 9.34. The molecule has 0 amide bonds. The van der Waals surface area contributed by atoms with Crippen LogP contribution in [0.25, 0.3) is 0 Å². The van der Waals surface area contributed by atoms with Gasteiger partial charge in [-0.15, -0.1) is 11.6 Å². The molecule has 0 aromatic heterocycles. The van der Waals surface area contributed by atoms with Crippen LogP contribution < -0.4 is 0 Å². The van der Waals surface area contributed by atoms with Crippen LogP contribution in [0.2, 0.25) is 0 Å². The van der Waals surface area contributed by atoms with Gasteiger partial charge in [0.05, 0.1) is 0 Å². The van der Waals surface area contributed by atoms with Gasteiger partial charge in [-0.1, -0.05) is 71.1 Å². The SMILES string of the molecule is CCCCCCCC1CCC(C2CCCC(Cl)C2)CC1. The number of unbranched alkanes of at least 4 members (excludes halogenated alkanes) is 4. The fraction of sp³-hybridized carbons (Fsp3) is 1.00. The molecule has 0 aliphatic heterocycles. The van der Waals surface area contributed by atoms with Crippen molar-refractivity contribution in [2.45, 2.75) is 102 Å². The van der Waals surface area contributed by atoms with Gasteiger partial charge < -0.3 is 0 Å². The van der Waals surface area contributed by atoms with Crippen LogP contribution in [0, 0.1) is 17.8 Å². The zero-order chi connectivity index (χ0) is 14.2. The molecule has 2 aliphatic carbocycles. The van der Waals surface area contributed by atoms with Crippen molar-refractivity contribution < 1.29 is 0 Å². The van der Waals surface area contributed by atoms with Crippen LogP contribution in [-0.4, -0.2) is 5.38 Å². The van der Waals surface area contributed by atoms with Crippen LogP contribution in [0.1, 0.15) is 96.8 Å². The molecule has 2 saturated carbocycles. The van der Waals surface area contributed by atoms with Gasteiger partial charge in [-0.05, 0) is 43.4 Å². The number of hydrogen-bond donors (Lipinski definition) is 0. The summed E-state index contributed by atoms with van der Waals surface area (Å²) in [6.07, 6.45) is 20.2. The maximum Gasteiger partial charge on any atom is 0.0338 e. The Balaban J connectivity index is 1.57. The van der Waals surface area contributed by atoms with E-state index in [0.717, 1.165) is 17.8 Å². The summed E-state index contributed by atoms with van der Waals surface area (Å²) in [5, 5.41) is 0.491. The van der Waals surface area contributed by atoms with Gasteiger partial charge >= 0.3 is 0 Å². The van der Waals surface area contributed by atoms with E-state index in [1.54, 1.807) is 0 Å². The van der Waals surface area contributed by atoms with Gasteiger partial charge in [-0.2, -0.15) is 0 Å². The molecular formula is C19H35Cl. The summed E-state index contributed by atoms with van der Waals surface area (Å²) >= 11 is 6.37. The average molecular weight is 299 g/mol. The van der Waals surface area contributed by atoms with E-state index in [1.165, 1.54) is 89.9 Å². The van der Waals surface area contributed by atoms with Crippen molar-refractivity contribution in [2.24, 2.45) is 17.8 Å². The van der Waals surface area contributed by atoms with Crippen molar-refractivity contribution >= 4 is 11.6 Å². The largest absolute Gasteiger partial charge is 0.123 e. The Bertz CT molecular complexity index is 242. The monoisotopic (exact) mass is 298 g/mol. The molecule has 2 aliphatic rings. The van der Waals surface area contributed by atoms with E-state index >= 15 is 0 Å². The normalized spacial score (nSPS) is 35.1. The minimum Gasteiger partial charge on any atom is -0.123 e. The third kappa shape index (κ3) is 5.58.